The molecule has 0 aromatic rings. The average molecular weight is 267 g/mol. The van der Waals surface area contributed by atoms with E-state index >= 15 is 0 Å². The minimum Gasteiger partial charge on any atom is -0.309 e. The minimum absolute atomic E-state index is 0.307. The molecule has 0 aromatic heterocycles. The van der Waals surface area contributed by atoms with Gasteiger partial charge in [-0.2, -0.15) is 0 Å². The maximum atomic E-state index is 3.80. The van der Waals surface area contributed by atoms with E-state index in [0.29, 0.717) is 11.6 Å². The number of rotatable bonds is 3. The molecule has 0 aliphatic carbocycles. The first-order valence-corrected chi connectivity index (χ1v) is 8.14. The van der Waals surface area contributed by atoms with Gasteiger partial charge in [0.2, 0.25) is 0 Å². The van der Waals surface area contributed by atoms with Crippen LogP contribution in [-0.2, 0) is 0 Å². The number of piperazine rings is 1. The number of piperidine rings is 1. The van der Waals surface area contributed by atoms with Gasteiger partial charge in [-0.3, -0.25) is 4.90 Å². The van der Waals surface area contributed by atoms with Gasteiger partial charge in [0.15, 0.2) is 0 Å². The lowest BCUT2D eigenvalue weighted by atomic mass is 9.87. The van der Waals surface area contributed by atoms with Gasteiger partial charge in [0.1, 0.15) is 0 Å². The van der Waals surface area contributed by atoms with Gasteiger partial charge in [-0.15, -0.1) is 0 Å². The Kier molecular flexibility index (Phi) is 4.91. The first-order chi connectivity index (χ1) is 8.95. The normalized spacial score (nSPS) is 38.8. The highest BCUT2D eigenvalue weighted by molar-refractivity contribution is 4.98. The van der Waals surface area contributed by atoms with Gasteiger partial charge in [0, 0.05) is 37.3 Å². The Labute approximate surface area is 119 Å². The van der Waals surface area contributed by atoms with Crippen LogP contribution in [0.25, 0.3) is 0 Å². The number of likely N-dealkylation sites (tertiary alicyclic amines) is 1. The maximum absolute atomic E-state index is 3.80. The van der Waals surface area contributed by atoms with Crippen molar-refractivity contribution < 1.29 is 0 Å². The zero-order valence-electron chi connectivity index (χ0n) is 13.6. The Morgan fingerprint density at radius 3 is 2.68 bits per heavy atom. The van der Waals surface area contributed by atoms with E-state index in [1.165, 1.54) is 38.9 Å². The number of hydrogen-bond acceptors (Lipinski definition) is 3. The molecule has 3 nitrogen and oxygen atoms in total. The number of likely N-dealkylation sites (N-methyl/N-ethyl adjacent to an activating group) is 1. The maximum Gasteiger partial charge on any atom is 0.0278 e. The summed E-state index contributed by atoms with van der Waals surface area (Å²) in [5.41, 5.74) is 0.307. The molecule has 2 fully saturated rings. The molecule has 0 saturated carbocycles. The second kappa shape index (κ2) is 6.11. The molecule has 0 spiro atoms. The monoisotopic (exact) mass is 267 g/mol. The van der Waals surface area contributed by atoms with E-state index < -0.39 is 0 Å². The highest BCUT2D eigenvalue weighted by atomic mass is 15.3. The molecule has 3 heteroatoms. The lowest BCUT2D eigenvalue weighted by Crippen LogP contribution is -2.67. The zero-order chi connectivity index (χ0) is 14.0. The molecule has 3 atom stereocenters. The standard InChI is InChI=1S/C16H33N3/c1-6-16(4)12-19(15(10-17-16)13(2)3)14-8-7-9-18(5)11-14/h13-15,17H,6-12H2,1-5H3. The third-order valence-electron chi connectivity index (χ3n) is 5.31. The molecule has 0 amide bonds. The second-order valence-electron chi connectivity index (χ2n) is 7.34. The van der Waals surface area contributed by atoms with Crippen LogP contribution in [0.3, 0.4) is 0 Å². The SMILES string of the molecule is CCC1(C)CN(C2CCCN(C)C2)C(C(C)C)CN1. The molecule has 2 rings (SSSR count). The summed E-state index contributed by atoms with van der Waals surface area (Å²) in [6.45, 7) is 14.4. The van der Waals surface area contributed by atoms with Gasteiger partial charge in [-0.25, -0.2) is 0 Å². The van der Waals surface area contributed by atoms with Crippen molar-refractivity contribution in [3.05, 3.63) is 0 Å². The molecule has 19 heavy (non-hydrogen) atoms. The van der Waals surface area contributed by atoms with Gasteiger partial charge < -0.3 is 10.2 Å². The Morgan fingerprint density at radius 1 is 1.37 bits per heavy atom. The van der Waals surface area contributed by atoms with E-state index in [4.69, 9.17) is 0 Å². The third-order valence-corrected chi connectivity index (χ3v) is 5.31. The van der Waals surface area contributed by atoms with E-state index in [1.807, 2.05) is 0 Å². The minimum atomic E-state index is 0.307. The van der Waals surface area contributed by atoms with E-state index in [1.54, 1.807) is 0 Å². The van der Waals surface area contributed by atoms with Gasteiger partial charge in [0.05, 0.1) is 0 Å². The van der Waals surface area contributed by atoms with E-state index in [2.05, 4.69) is 49.9 Å². The first-order valence-electron chi connectivity index (χ1n) is 8.14. The lowest BCUT2D eigenvalue weighted by Gasteiger charge is -2.52. The fourth-order valence-corrected chi connectivity index (χ4v) is 3.71. The lowest BCUT2D eigenvalue weighted by molar-refractivity contribution is -0.0000675. The first kappa shape index (κ1) is 15.3. The third kappa shape index (κ3) is 3.50. The molecule has 2 saturated heterocycles. The molecule has 0 bridgehead atoms. The molecule has 1 N–H and O–H groups in total. The van der Waals surface area contributed by atoms with Crippen LogP contribution < -0.4 is 5.32 Å². The molecule has 112 valence electrons. The summed E-state index contributed by atoms with van der Waals surface area (Å²) in [5.74, 6) is 0.737. The molecule has 3 unspecified atom stereocenters. The summed E-state index contributed by atoms with van der Waals surface area (Å²) >= 11 is 0. The van der Waals surface area contributed by atoms with Crippen molar-refractivity contribution in [2.45, 2.75) is 64.6 Å². The van der Waals surface area contributed by atoms with Crippen molar-refractivity contribution in [2.75, 3.05) is 33.2 Å². The van der Waals surface area contributed by atoms with Gasteiger partial charge in [-0.1, -0.05) is 20.8 Å². The average Bonchev–Trinajstić information content (AvgIpc) is 2.38. The van der Waals surface area contributed by atoms with Crippen LogP contribution in [0, 0.1) is 5.92 Å². The molecular formula is C16H33N3. The van der Waals surface area contributed by atoms with Crippen LogP contribution >= 0.6 is 0 Å². The molecule has 2 aliphatic heterocycles. The van der Waals surface area contributed by atoms with Crippen LogP contribution in [-0.4, -0.2) is 60.6 Å². The van der Waals surface area contributed by atoms with Gasteiger partial charge >= 0.3 is 0 Å². The number of hydrogen-bond donors (Lipinski definition) is 1. The number of nitrogens with one attached hydrogen (secondary N) is 1. The predicted molar refractivity (Wildman–Crippen MR) is 82.5 cm³/mol. The van der Waals surface area contributed by atoms with Crippen LogP contribution in [0.2, 0.25) is 0 Å². The Balaban J connectivity index is 2.10. The molecular weight excluding hydrogens is 234 g/mol. The smallest absolute Gasteiger partial charge is 0.0278 e. The highest BCUT2D eigenvalue weighted by Gasteiger charge is 2.39. The molecule has 2 aliphatic rings. The Hall–Kier alpha value is -0.120. The van der Waals surface area contributed by atoms with Crippen molar-refractivity contribution in [1.82, 2.24) is 15.1 Å². The van der Waals surface area contributed by atoms with Crippen molar-refractivity contribution in [2.24, 2.45) is 5.92 Å². The quantitative estimate of drug-likeness (QED) is 0.845. The summed E-state index contributed by atoms with van der Waals surface area (Å²) in [4.78, 5) is 5.34. The van der Waals surface area contributed by atoms with Crippen LogP contribution in [0.1, 0.15) is 47.0 Å². The van der Waals surface area contributed by atoms with Gasteiger partial charge in [0.25, 0.3) is 0 Å². The second-order valence-corrected chi connectivity index (χ2v) is 7.34. The van der Waals surface area contributed by atoms with Crippen LogP contribution in [0.4, 0.5) is 0 Å². The molecule has 0 aromatic carbocycles. The van der Waals surface area contributed by atoms with Crippen molar-refractivity contribution in [3.8, 4) is 0 Å². The Bertz CT molecular complexity index is 292. The molecule has 0 radical (unpaired) electrons. The zero-order valence-corrected chi connectivity index (χ0v) is 13.6. The highest BCUT2D eigenvalue weighted by Crippen LogP contribution is 2.27. The summed E-state index contributed by atoms with van der Waals surface area (Å²) < 4.78 is 0. The van der Waals surface area contributed by atoms with Crippen molar-refractivity contribution in [3.63, 3.8) is 0 Å². The Morgan fingerprint density at radius 2 is 2.11 bits per heavy atom. The van der Waals surface area contributed by atoms with E-state index in [0.717, 1.165) is 18.5 Å². The summed E-state index contributed by atoms with van der Waals surface area (Å²) in [5, 5.41) is 3.80. The number of nitrogens with zero attached hydrogens (tertiary/aromatic N) is 2. The van der Waals surface area contributed by atoms with E-state index in [-0.39, 0.29) is 0 Å². The van der Waals surface area contributed by atoms with E-state index in [9.17, 15) is 0 Å². The van der Waals surface area contributed by atoms with Crippen LogP contribution in [0.15, 0.2) is 0 Å². The fourth-order valence-electron chi connectivity index (χ4n) is 3.71. The predicted octanol–water partition coefficient (Wildman–Crippen LogP) is 2.18. The summed E-state index contributed by atoms with van der Waals surface area (Å²) in [7, 11) is 2.28. The largest absolute Gasteiger partial charge is 0.309 e. The van der Waals surface area contributed by atoms with Crippen LogP contribution in [0.5, 0.6) is 0 Å². The summed E-state index contributed by atoms with van der Waals surface area (Å²) in [6.07, 6.45) is 3.96. The van der Waals surface area contributed by atoms with Crippen molar-refractivity contribution in [1.29, 1.82) is 0 Å². The fraction of sp³-hybridized carbons (Fsp3) is 1.00. The molecule has 2 heterocycles. The summed E-state index contributed by atoms with van der Waals surface area (Å²) in [6, 6.07) is 1.47. The van der Waals surface area contributed by atoms with Crippen molar-refractivity contribution >= 4 is 0 Å². The topological polar surface area (TPSA) is 18.5 Å². The van der Waals surface area contributed by atoms with Gasteiger partial charge in [-0.05, 0) is 45.7 Å².